The first kappa shape index (κ1) is 25.6. The molecule has 0 heterocycles. The van der Waals surface area contributed by atoms with Gasteiger partial charge in [0.2, 0.25) is 5.91 Å². The van der Waals surface area contributed by atoms with Crippen LogP contribution < -0.4 is 15.0 Å². The first-order valence-electron chi connectivity index (χ1n) is 12.4. The molecule has 1 fully saturated rings. The number of rotatable bonds is 10. The zero-order valence-corrected chi connectivity index (χ0v) is 20.8. The molecule has 1 amide bonds. The van der Waals surface area contributed by atoms with E-state index in [1.807, 2.05) is 37.3 Å². The van der Waals surface area contributed by atoms with Crippen LogP contribution in [0.25, 0.3) is 0 Å². The van der Waals surface area contributed by atoms with Crippen molar-refractivity contribution in [1.29, 1.82) is 0 Å². The summed E-state index contributed by atoms with van der Waals surface area (Å²) in [6.45, 7) is 8.82. The molecule has 0 saturated heterocycles. The fourth-order valence-electron chi connectivity index (χ4n) is 4.51. The van der Waals surface area contributed by atoms with E-state index in [1.54, 1.807) is 12.1 Å². The van der Waals surface area contributed by atoms with Gasteiger partial charge in [0.05, 0.1) is 17.8 Å². The van der Waals surface area contributed by atoms with E-state index < -0.39 is 12.1 Å². The fourth-order valence-corrected chi connectivity index (χ4v) is 4.51. The minimum atomic E-state index is -1.03. The molecular weight excluding hydrogens is 428 g/mol. The van der Waals surface area contributed by atoms with E-state index in [0.29, 0.717) is 23.4 Å². The second-order valence-electron chi connectivity index (χ2n) is 9.83. The summed E-state index contributed by atoms with van der Waals surface area (Å²) >= 11 is 0. The lowest BCUT2D eigenvalue weighted by atomic mass is 9.93. The van der Waals surface area contributed by atoms with Crippen LogP contribution in [0.5, 0.6) is 5.75 Å². The molecule has 2 aromatic carbocycles. The predicted octanol–water partition coefficient (Wildman–Crippen LogP) is 5.82. The Morgan fingerprint density at radius 1 is 1.06 bits per heavy atom. The average Bonchev–Trinajstić information content (AvgIpc) is 2.80. The third kappa shape index (κ3) is 7.24. The van der Waals surface area contributed by atoms with E-state index in [9.17, 15) is 14.7 Å². The molecular formula is C28H38N2O4. The van der Waals surface area contributed by atoms with Gasteiger partial charge in [-0.3, -0.25) is 4.79 Å². The maximum Gasteiger partial charge on any atom is 0.344 e. The number of nitrogens with one attached hydrogen (secondary N) is 1. The summed E-state index contributed by atoms with van der Waals surface area (Å²) in [5.41, 5.74) is 3.73. The van der Waals surface area contributed by atoms with E-state index in [-0.39, 0.29) is 12.3 Å². The average molecular weight is 467 g/mol. The normalized spacial score (nSPS) is 15.1. The molecule has 1 unspecified atom stereocenters. The van der Waals surface area contributed by atoms with Gasteiger partial charge in [0, 0.05) is 18.7 Å². The Morgan fingerprint density at radius 3 is 2.35 bits per heavy atom. The van der Waals surface area contributed by atoms with Crippen molar-refractivity contribution in [3.05, 3.63) is 53.6 Å². The molecule has 6 nitrogen and oxygen atoms in total. The van der Waals surface area contributed by atoms with E-state index in [2.05, 4.69) is 24.1 Å². The van der Waals surface area contributed by atoms with Gasteiger partial charge in [-0.2, -0.15) is 0 Å². The van der Waals surface area contributed by atoms with Gasteiger partial charge in [0.1, 0.15) is 5.75 Å². The minimum absolute atomic E-state index is 0.110. The van der Waals surface area contributed by atoms with Crippen LogP contribution in [0.4, 0.5) is 11.4 Å². The topological polar surface area (TPSA) is 78.9 Å². The Kier molecular flexibility index (Phi) is 8.97. The molecule has 34 heavy (non-hydrogen) atoms. The van der Waals surface area contributed by atoms with Crippen molar-refractivity contribution in [3.8, 4) is 5.75 Å². The van der Waals surface area contributed by atoms with Crippen LogP contribution in [0.15, 0.2) is 42.5 Å². The van der Waals surface area contributed by atoms with E-state index in [4.69, 9.17) is 4.74 Å². The molecule has 0 aliphatic heterocycles. The standard InChI is InChI=1S/C28H38N2O4/c1-19(2)18-30(23-8-6-5-7-9-23)26-15-14-24(34-21(4)28(32)33)17-25(26)29-27(31)16-22-12-10-20(3)11-13-22/h10-15,17,19,21,23H,5-9,16,18H2,1-4H3,(H,29,31)(H,32,33). The van der Waals surface area contributed by atoms with Crippen LogP contribution in [-0.4, -0.2) is 35.7 Å². The molecule has 0 bridgehead atoms. The Labute approximate surface area is 203 Å². The number of amides is 1. The molecule has 1 saturated carbocycles. The maximum absolute atomic E-state index is 13.0. The largest absolute Gasteiger partial charge is 0.479 e. The Balaban J connectivity index is 1.91. The first-order chi connectivity index (χ1) is 16.2. The molecule has 3 rings (SSSR count). The highest BCUT2D eigenvalue weighted by Gasteiger charge is 2.25. The zero-order valence-electron chi connectivity index (χ0n) is 20.8. The van der Waals surface area contributed by atoms with Crippen LogP contribution in [0.2, 0.25) is 0 Å². The number of hydrogen-bond acceptors (Lipinski definition) is 4. The number of nitrogens with zero attached hydrogens (tertiary/aromatic N) is 1. The van der Waals surface area contributed by atoms with Crippen LogP contribution in [0, 0.1) is 12.8 Å². The highest BCUT2D eigenvalue weighted by Crippen LogP contribution is 2.36. The molecule has 0 aromatic heterocycles. The second kappa shape index (κ2) is 11.9. The van der Waals surface area contributed by atoms with Gasteiger partial charge < -0.3 is 20.1 Å². The van der Waals surface area contributed by atoms with Crippen molar-refractivity contribution < 1.29 is 19.4 Å². The molecule has 6 heteroatoms. The summed E-state index contributed by atoms with van der Waals surface area (Å²) in [5.74, 6) is -0.252. The summed E-state index contributed by atoms with van der Waals surface area (Å²) in [5, 5.41) is 12.4. The first-order valence-corrected chi connectivity index (χ1v) is 12.4. The number of ether oxygens (including phenoxy) is 1. The van der Waals surface area contributed by atoms with Crippen molar-refractivity contribution >= 4 is 23.3 Å². The lowest BCUT2D eigenvalue weighted by molar-refractivity contribution is -0.144. The van der Waals surface area contributed by atoms with Crippen LogP contribution in [0.3, 0.4) is 0 Å². The lowest BCUT2D eigenvalue weighted by Gasteiger charge is -2.38. The second-order valence-corrected chi connectivity index (χ2v) is 9.83. The third-order valence-electron chi connectivity index (χ3n) is 6.27. The Hall–Kier alpha value is -3.02. The highest BCUT2D eigenvalue weighted by molar-refractivity contribution is 5.96. The molecule has 2 aromatic rings. The molecule has 1 aliphatic carbocycles. The summed E-state index contributed by atoms with van der Waals surface area (Å²) in [4.78, 5) is 26.7. The Morgan fingerprint density at radius 2 is 1.74 bits per heavy atom. The van der Waals surface area contributed by atoms with Crippen molar-refractivity contribution in [3.63, 3.8) is 0 Å². The molecule has 184 valence electrons. The Bertz CT molecular complexity index is 965. The van der Waals surface area contributed by atoms with Crippen LogP contribution in [0.1, 0.15) is 64.0 Å². The monoisotopic (exact) mass is 466 g/mol. The number of hydrogen-bond donors (Lipinski definition) is 2. The molecule has 0 spiro atoms. The predicted molar refractivity (Wildman–Crippen MR) is 137 cm³/mol. The number of carbonyl (C=O) groups is 2. The fraction of sp³-hybridized carbons (Fsp3) is 0.500. The van der Waals surface area contributed by atoms with Crippen LogP contribution >= 0.6 is 0 Å². The number of anilines is 2. The van der Waals surface area contributed by atoms with Crippen LogP contribution in [-0.2, 0) is 16.0 Å². The lowest BCUT2D eigenvalue weighted by Crippen LogP contribution is -2.40. The van der Waals surface area contributed by atoms with E-state index >= 15 is 0 Å². The van der Waals surface area contributed by atoms with Gasteiger partial charge in [0.15, 0.2) is 6.10 Å². The quantitative estimate of drug-likeness (QED) is 0.461. The molecule has 1 atom stereocenters. The summed E-state index contributed by atoms with van der Waals surface area (Å²) in [7, 11) is 0. The van der Waals surface area contributed by atoms with Gasteiger partial charge >= 0.3 is 5.97 Å². The number of carboxylic acid groups (broad SMARTS) is 1. The smallest absolute Gasteiger partial charge is 0.344 e. The van der Waals surface area contributed by atoms with Crippen molar-refractivity contribution in [1.82, 2.24) is 0 Å². The van der Waals surface area contributed by atoms with Gasteiger partial charge in [-0.1, -0.05) is 62.9 Å². The van der Waals surface area contributed by atoms with Gasteiger partial charge in [-0.25, -0.2) is 4.79 Å². The van der Waals surface area contributed by atoms with Crippen molar-refractivity contribution in [2.75, 3.05) is 16.8 Å². The number of aryl methyl sites for hydroxylation is 1. The minimum Gasteiger partial charge on any atom is -0.479 e. The third-order valence-corrected chi connectivity index (χ3v) is 6.27. The number of carbonyl (C=O) groups excluding carboxylic acids is 1. The van der Waals surface area contributed by atoms with Crippen molar-refractivity contribution in [2.45, 2.75) is 78.4 Å². The molecule has 1 aliphatic rings. The van der Waals surface area contributed by atoms with Gasteiger partial charge in [-0.15, -0.1) is 0 Å². The summed E-state index contributed by atoms with van der Waals surface area (Å²) in [6, 6.07) is 13.9. The highest BCUT2D eigenvalue weighted by atomic mass is 16.5. The molecule has 0 radical (unpaired) electrons. The van der Waals surface area contributed by atoms with Gasteiger partial charge in [-0.05, 0) is 50.3 Å². The number of aliphatic carboxylic acids is 1. The maximum atomic E-state index is 13.0. The van der Waals surface area contributed by atoms with E-state index in [1.165, 1.54) is 26.2 Å². The van der Waals surface area contributed by atoms with Gasteiger partial charge in [0.25, 0.3) is 0 Å². The number of benzene rings is 2. The number of carboxylic acids is 1. The van der Waals surface area contributed by atoms with Crippen molar-refractivity contribution in [2.24, 2.45) is 5.92 Å². The van der Waals surface area contributed by atoms with E-state index in [0.717, 1.165) is 36.2 Å². The zero-order chi connectivity index (χ0) is 24.7. The summed E-state index contributed by atoms with van der Waals surface area (Å²) in [6.07, 6.45) is 5.26. The molecule has 2 N–H and O–H groups in total. The SMILES string of the molecule is Cc1ccc(CC(=O)Nc2cc(OC(C)C(=O)O)ccc2N(CC(C)C)C2CCCCC2)cc1. The summed E-state index contributed by atoms with van der Waals surface area (Å²) < 4.78 is 5.62.